The minimum Gasteiger partial charge on any atom is -0.481 e. The highest BCUT2D eigenvalue weighted by Gasteiger charge is 2.48. The molecule has 144 valence electrons. The molecule has 0 aromatic carbocycles. The molecule has 2 aliphatic heterocycles. The van der Waals surface area contributed by atoms with E-state index < -0.39 is 5.97 Å². The molecule has 2 bridgehead atoms. The summed E-state index contributed by atoms with van der Waals surface area (Å²) in [5, 5.41) is 8.65. The zero-order valence-electron chi connectivity index (χ0n) is 15.8. The molecule has 0 spiro atoms. The molecule has 0 radical (unpaired) electrons. The van der Waals surface area contributed by atoms with E-state index in [9.17, 15) is 4.79 Å². The first-order valence-electron chi connectivity index (χ1n) is 10.4. The van der Waals surface area contributed by atoms with Crippen molar-refractivity contribution < 1.29 is 19.4 Å². The molecule has 2 saturated heterocycles. The fraction of sp³-hybridized carbons (Fsp3) is 0.857. The maximum absolute atomic E-state index is 10.5. The molecule has 4 heteroatoms. The van der Waals surface area contributed by atoms with Gasteiger partial charge in [-0.3, -0.25) is 4.79 Å². The number of rotatable bonds is 14. The fourth-order valence-corrected chi connectivity index (χ4v) is 4.09. The third-order valence-electron chi connectivity index (χ3n) is 5.50. The standard InChI is InChI=1S/C21H36O4/c1-2-3-4-5-8-11-16-24-21-17(18-14-15-19(21)25-18)12-9-6-7-10-13-20(22)23/h6,9,17-19,21H,2-5,7-8,10-16H2,1H3,(H,22,23)/b9-6-/t17-,18+,19-,21-/m0/s1. The van der Waals surface area contributed by atoms with Crippen LogP contribution in [0.5, 0.6) is 0 Å². The van der Waals surface area contributed by atoms with Crippen molar-refractivity contribution in [3.63, 3.8) is 0 Å². The number of ether oxygens (including phenoxy) is 2. The maximum Gasteiger partial charge on any atom is 0.303 e. The van der Waals surface area contributed by atoms with E-state index in [1.165, 1.54) is 38.5 Å². The lowest BCUT2D eigenvalue weighted by atomic mass is 9.84. The number of hydrogen-bond acceptors (Lipinski definition) is 3. The molecule has 1 N–H and O–H groups in total. The van der Waals surface area contributed by atoms with Gasteiger partial charge in [0.2, 0.25) is 0 Å². The normalized spacial score (nSPS) is 28.2. The Labute approximate surface area is 153 Å². The predicted molar refractivity (Wildman–Crippen MR) is 99.7 cm³/mol. The van der Waals surface area contributed by atoms with E-state index >= 15 is 0 Å². The molecule has 0 aromatic rings. The molecule has 0 aromatic heterocycles. The summed E-state index contributed by atoms with van der Waals surface area (Å²) in [7, 11) is 0. The van der Waals surface area contributed by atoms with E-state index in [1.54, 1.807) is 0 Å². The Morgan fingerprint density at radius 3 is 2.64 bits per heavy atom. The lowest BCUT2D eigenvalue weighted by molar-refractivity contribution is -0.137. The molecule has 2 heterocycles. The number of hydrogen-bond donors (Lipinski definition) is 1. The maximum atomic E-state index is 10.5. The molecule has 0 aliphatic carbocycles. The number of carboxylic acid groups (broad SMARTS) is 1. The number of allylic oxidation sites excluding steroid dienone is 2. The van der Waals surface area contributed by atoms with Gasteiger partial charge in [0.25, 0.3) is 0 Å². The number of carbonyl (C=O) groups is 1. The zero-order valence-corrected chi connectivity index (χ0v) is 15.8. The lowest BCUT2D eigenvalue weighted by Crippen LogP contribution is -2.34. The molecule has 2 rings (SSSR count). The first-order valence-corrected chi connectivity index (χ1v) is 10.4. The largest absolute Gasteiger partial charge is 0.481 e. The molecule has 0 amide bonds. The molecule has 2 aliphatic rings. The summed E-state index contributed by atoms with van der Waals surface area (Å²) in [6.07, 6.45) is 18.1. The second-order valence-corrected chi connectivity index (χ2v) is 7.55. The summed E-state index contributed by atoms with van der Waals surface area (Å²) in [6, 6.07) is 0. The number of fused-ring (bicyclic) bond motifs is 2. The van der Waals surface area contributed by atoms with E-state index in [4.69, 9.17) is 14.6 Å². The van der Waals surface area contributed by atoms with Crippen LogP contribution in [0, 0.1) is 5.92 Å². The van der Waals surface area contributed by atoms with Crippen LogP contribution in [0.15, 0.2) is 12.2 Å². The van der Waals surface area contributed by atoms with Crippen LogP contribution in [-0.2, 0) is 14.3 Å². The quantitative estimate of drug-likeness (QED) is 0.348. The molecule has 4 atom stereocenters. The van der Waals surface area contributed by atoms with Crippen molar-refractivity contribution in [1.82, 2.24) is 0 Å². The van der Waals surface area contributed by atoms with E-state index in [0.717, 1.165) is 38.7 Å². The topological polar surface area (TPSA) is 55.8 Å². The van der Waals surface area contributed by atoms with Crippen LogP contribution in [0.1, 0.15) is 84.0 Å². The molecule has 0 saturated carbocycles. The van der Waals surface area contributed by atoms with Gasteiger partial charge in [0, 0.05) is 18.9 Å². The highest BCUT2D eigenvalue weighted by Crippen LogP contribution is 2.42. The van der Waals surface area contributed by atoms with Crippen LogP contribution in [0.3, 0.4) is 0 Å². The third-order valence-corrected chi connectivity index (χ3v) is 5.50. The van der Waals surface area contributed by atoms with E-state index in [-0.39, 0.29) is 12.5 Å². The highest BCUT2D eigenvalue weighted by atomic mass is 16.6. The van der Waals surface area contributed by atoms with Crippen molar-refractivity contribution in [2.24, 2.45) is 5.92 Å². The van der Waals surface area contributed by atoms with Crippen molar-refractivity contribution in [2.75, 3.05) is 6.61 Å². The first kappa shape index (κ1) is 20.4. The van der Waals surface area contributed by atoms with Crippen molar-refractivity contribution in [3.05, 3.63) is 12.2 Å². The van der Waals surface area contributed by atoms with Gasteiger partial charge in [-0.15, -0.1) is 0 Å². The summed E-state index contributed by atoms with van der Waals surface area (Å²) in [6.45, 7) is 3.11. The van der Waals surface area contributed by atoms with Gasteiger partial charge >= 0.3 is 5.97 Å². The Bertz CT molecular complexity index is 407. The highest BCUT2D eigenvalue weighted by molar-refractivity contribution is 5.66. The summed E-state index contributed by atoms with van der Waals surface area (Å²) >= 11 is 0. The summed E-state index contributed by atoms with van der Waals surface area (Å²) < 4.78 is 12.3. The second kappa shape index (κ2) is 11.7. The van der Waals surface area contributed by atoms with Gasteiger partial charge in [-0.25, -0.2) is 0 Å². The van der Waals surface area contributed by atoms with Gasteiger partial charge in [-0.1, -0.05) is 51.2 Å². The van der Waals surface area contributed by atoms with Gasteiger partial charge in [0.05, 0.1) is 18.3 Å². The average Bonchev–Trinajstić information content (AvgIpc) is 3.19. The van der Waals surface area contributed by atoms with Crippen LogP contribution in [0.2, 0.25) is 0 Å². The molecule has 2 fully saturated rings. The molecule has 0 unspecified atom stereocenters. The monoisotopic (exact) mass is 352 g/mol. The van der Waals surface area contributed by atoms with Gasteiger partial charge in [0.1, 0.15) is 0 Å². The van der Waals surface area contributed by atoms with Gasteiger partial charge in [-0.2, -0.15) is 0 Å². The zero-order chi connectivity index (χ0) is 17.9. The Kier molecular flexibility index (Phi) is 9.56. The van der Waals surface area contributed by atoms with Gasteiger partial charge in [-0.05, 0) is 38.5 Å². The Balaban J connectivity index is 1.63. The molecular weight excluding hydrogens is 316 g/mol. The van der Waals surface area contributed by atoms with Crippen LogP contribution in [0.25, 0.3) is 0 Å². The first-order chi connectivity index (χ1) is 12.2. The Morgan fingerprint density at radius 1 is 1.08 bits per heavy atom. The minimum absolute atomic E-state index is 0.256. The van der Waals surface area contributed by atoms with E-state index in [2.05, 4.69) is 19.1 Å². The van der Waals surface area contributed by atoms with Crippen molar-refractivity contribution in [2.45, 2.75) is 102 Å². The van der Waals surface area contributed by atoms with Crippen LogP contribution < -0.4 is 0 Å². The summed E-state index contributed by atoms with van der Waals surface area (Å²) in [5.41, 5.74) is 0. The molecular formula is C21H36O4. The predicted octanol–water partition coefficient (Wildman–Crippen LogP) is 5.11. The molecule has 25 heavy (non-hydrogen) atoms. The van der Waals surface area contributed by atoms with E-state index in [1.807, 2.05) is 0 Å². The second-order valence-electron chi connectivity index (χ2n) is 7.55. The Hall–Kier alpha value is -0.870. The number of aliphatic carboxylic acids is 1. The fourth-order valence-electron chi connectivity index (χ4n) is 4.09. The van der Waals surface area contributed by atoms with Gasteiger partial charge in [0.15, 0.2) is 0 Å². The third kappa shape index (κ3) is 7.10. The van der Waals surface area contributed by atoms with Crippen molar-refractivity contribution in [1.29, 1.82) is 0 Å². The average molecular weight is 353 g/mol. The summed E-state index contributed by atoms with van der Waals surface area (Å²) in [5.74, 6) is -0.229. The molecule has 4 nitrogen and oxygen atoms in total. The van der Waals surface area contributed by atoms with Gasteiger partial charge < -0.3 is 14.6 Å². The summed E-state index contributed by atoms with van der Waals surface area (Å²) in [4.78, 5) is 10.5. The van der Waals surface area contributed by atoms with Crippen molar-refractivity contribution in [3.8, 4) is 0 Å². The number of carboxylic acids is 1. The van der Waals surface area contributed by atoms with Crippen LogP contribution in [-0.4, -0.2) is 36.0 Å². The van der Waals surface area contributed by atoms with E-state index in [0.29, 0.717) is 18.1 Å². The smallest absolute Gasteiger partial charge is 0.303 e. The van der Waals surface area contributed by atoms with Crippen LogP contribution in [0.4, 0.5) is 0 Å². The SMILES string of the molecule is CCCCCCCCO[C@H]1[C@@H](C/C=C\CCCC(=O)O)[C@H]2CC[C@@H]1O2. The Morgan fingerprint density at radius 2 is 1.84 bits per heavy atom. The van der Waals surface area contributed by atoms with Crippen molar-refractivity contribution >= 4 is 5.97 Å². The lowest BCUT2D eigenvalue weighted by Gasteiger charge is -2.27. The minimum atomic E-state index is -0.710. The number of unbranched alkanes of at least 4 members (excludes halogenated alkanes) is 6. The van der Waals surface area contributed by atoms with Crippen LogP contribution >= 0.6 is 0 Å².